The summed E-state index contributed by atoms with van der Waals surface area (Å²) in [6, 6.07) is -0.0445. The van der Waals surface area contributed by atoms with Gasteiger partial charge in [0.05, 0.1) is 10.1 Å². The summed E-state index contributed by atoms with van der Waals surface area (Å²) < 4.78 is 30.9. The topological polar surface area (TPSA) is 121 Å². The number of rotatable bonds is 8. The molecule has 10 heteroatoms. The molecule has 98 valence electrons. The van der Waals surface area contributed by atoms with E-state index in [1.54, 1.807) is 11.9 Å². The molecule has 0 heterocycles. The van der Waals surface area contributed by atoms with Crippen LogP contribution in [0.2, 0.25) is 6.04 Å². The van der Waals surface area contributed by atoms with Gasteiger partial charge in [-0.1, -0.05) is 0 Å². The molecule has 0 rings (SSSR count). The third kappa shape index (κ3) is 16.6. The Morgan fingerprint density at radius 1 is 1.18 bits per heavy atom. The third-order valence-electron chi connectivity index (χ3n) is 1.99. The summed E-state index contributed by atoms with van der Waals surface area (Å²) in [6.45, 7) is 0.952. The molecular weight excluding hydrogens is 261 g/mol. The zero-order valence-electron chi connectivity index (χ0n) is 10.2. The summed E-state index contributed by atoms with van der Waals surface area (Å²) in [6.07, 6.45) is 0.665. The van der Waals surface area contributed by atoms with Gasteiger partial charge in [0.15, 0.2) is 0 Å². The summed E-state index contributed by atoms with van der Waals surface area (Å²) in [5, 5.41) is 0. The Labute approximate surface area is 115 Å². The molecule has 0 atom stereocenters. The van der Waals surface area contributed by atoms with Crippen LogP contribution in [0.25, 0.3) is 0 Å². The fourth-order valence-electron chi connectivity index (χ4n) is 1.21. The molecule has 0 aromatic heterocycles. The van der Waals surface area contributed by atoms with Crippen LogP contribution in [-0.2, 0) is 10.1 Å². The quantitative estimate of drug-likeness (QED) is 0.301. The molecule has 0 unspecified atom stereocenters. The summed E-state index contributed by atoms with van der Waals surface area (Å²) in [5.74, 6) is -0.393. The molecule has 0 aromatic carbocycles. The van der Waals surface area contributed by atoms with Crippen molar-refractivity contribution in [2.75, 3.05) is 25.9 Å². The second kappa shape index (κ2) is 8.63. The van der Waals surface area contributed by atoms with Gasteiger partial charge in [0, 0.05) is 11.8 Å². The fourth-order valence-corrected chi connectivity index (χ4v) is 2.32. The van der Waals surface area contributed by atoms with Crippen molar-refractivity contribution in [2.24, 2.45) is 0 Å². The Balaban J connectivity index is 0. The van der Waals surface area contributed by atoms with E-state index in [2.05, 4.69) is 0 Å². The van der Waals surface area contributed by atoms with Crippen LogP contribution >= 0.6 is 0 Å². The minimum atomic E-state index is -4.15. The van der Waals surface area contributed by atoms with Crippen molar-refractivity contribution in [3.05, 3.63) is 0 Å². The third-order valence-corrected chi connectivity index (χ3v) is 3.80. The van der Waals surface area contributed by atoms with Crippen LogP contribution < -0.4 is 18.9 Å². The van der Waals surface area contributed by atoms with E-state index < -0.39 is 24.7 Å². The molecule has 3 N–H and O–H groups in total. The molecule has 0 aromatic rings. The monoisotopic (exact) mass is 279 g/mol. The second-order valence-electron chi connectivity index (χ2n) is 3.80. The molecule has 0 saturated heterocycles. The first-order valence-corrected chi connectivity index (χ1v) is 8.52. The van der Waals surface area contributed by atoms with Crippen LogP contribution in [-0.4, -0.2) is 67.0 Å². The van der Waals surface area contributed by atoms with Gasteiger partial charge in [-0.25, -0.2) is 8.42 Å². The maximum absolute atomic E-state index is 10.3. The van der Waals surface area contributed by atoms with E-state index in [-0.39, 0.29) is 31.3 Å². The van der Waals surface area contributed by atoms with Crippen molar-refractivity contribution >= 4 is 18.9 Å². The number of nitrogens with zero attached hydrogens (tertiary/aromatic N) is 1. The summed E-state index contributed by atoms with van der Waals surface area (Å²) in [5.41, 5.74) is 0. The van der Waals surface area contributed by atoms with Gasteiger partial charge in [0.2, 0.25) is 0 Å². The van der Waals surface area contributed by atoms with Gasteiger partial charge >= 0.3 is 27.7 Å². The van der Waals surface area contributed by atoms with E-state index in [0.717, 1.165) is 0 Å². The van der Waals surface area contributed by atoms with Crippen molar-refractivity contribution in [2.45, 2.75) is 18.9 Å². The van der Waals surface area contributed by atoms with Crippen LogP contribution in [0.15, 0.2) is 0 Å². The fraction of sp³-hybridized carbons (Fsp3) is 1.00. The predicted molar refractivity (Wildman–Crippen MR) is 58.5 cm³/mol. The van der Waals surface area contributed by atoms with Crippen molar-refractivity contribution < 1.29 is 46.2 Å². The summed E-state index contributed by atoms with van der Waals surface area (Å²) in [4.78, 5) is 27.9. The van der Waals surface area contributed by atoms with E-state index >= 15 is 0 Å². The van der Waals surface area contributed by atoms with E-state index in [9.17, 15) is 13.0 Å². The van der Waals surface area contributed by atoms with E-state index in [1.807, 2.05) is 0 Å². The van der Waals surface area contributed by atoms with Crippen molar-refractivity contribution in [3.8, 4) is 0 Å². The average Bonchev–Trinajstić information content (AvgIpc) is 1.98. The standard InChI is InChI=1S/C7H19NO6SSi.Li/c1-8(4-2-6-15(9,10)11)5-3-7-16(12,13)14;/h12-14H,2-7H2,1H3,(H,9,10,11);/q;+1/p-1. The molecule has 0 fully saturated rings. The second-order valence-corrected chi connectivity index (χ2v) is 7.37. The minimum absolute atomic E-state index is 0. The van der Waals surface area contributed by atoms with E-state index in [4.69, 9.17) is 14.4 Å². The van der Waals surface area contributed by atoms with Crippen molar-refractivity contribution in [1.29, 1.82) is 0 Å². The molecule has 0 saturated carbocycles. The molecule has 0 aliphatic rings. The Hall–Kier alpha value is 0.564. The van der Waals surface area contributed by atoms with Crippen molar-refractivity contribution in [3.63, 3.8) is 0 Å². The van der Waals surface area contributed by atoms with E-state index in [1.165, 1.54) is 0 Å². The normalized spacial score (nSPS) is 12.6. The van der Waals surface area contributed by atoms with Gasteiger partial charge in [-0.3, -0.25) is 0 Å². The Kier molecular flexibility index (Phi) is 10.1. The largest absolute Gasteiger partial charge is 1.00 e. The van der Waals surface area contributed by atoms with Gasteiger partial charge < -0.3 is 23.8 Å². The maximum Gasteiger partial charge on any atom is 1.00 e. The zero-order valence-corrected chi connectivity index (χ0v) is 12.0. The Morgan fingerprint density at radius 3 is 2.06 bits per heavy atom. The Bertz CT molecular complexity index is 293. The van der Waals surface area contributed by atoms with Gasteiger partial charge in [-0.15, -0.1) is 0 Å². The summed E-state index contributed by atoms with van der Waals surface area (Å²) >= 11 is 0. The molecular formula is C7H18LiNO6SSi. The zero-order chi connectivity index (χ0) is 12.8. The smallest absolute Gasteiger partial charge is 0.748 e. The minimum Gasteiger partial charge on any atom is -0.748 e. The van der Waals surface area contributed by atoms with E-state index in [0.29, 0.717) is 19.5 Å². The van der Waals surface area contributed by atoms with Crippen LogP contribution in [0.3, 0.4) is 0 Å². The molecule has 7 nitrogen and oxygen atoms in total. The molecule has 0 aliphatic carbocycles. The summed E-state index contributed by atoms with van der Waals surface area (Å²) in [7, 11) is -6.38. The number of hydrogen-bond donors (Lipinski definition) is 3. The van der Waals surface area contributed by atoms with Gasteiger partial charge in [-0.2, -0.15) is 0 Å². The first-order chi connectivity index (χ1) is 7.10. The average molecular weight is 279 g/mol. The van der Waals surface area contributed by atoms with Crippen LogP contribution in [0.4, 0.5) is 0 Å². The van der Waals surface area contributed by atoms with Crippen molar-refractivity contribution in [1.82, 2.24) is 4.90 Å². The van der Waals surface area contributed by atoms with Gasteiger partial charge in [0.1, 0.15) is 0 Å². The van der Waals surface area contributed by atoms with Crippen LogP contribution in [0.5, 0.6) is 0 Å². The van der Waals surface area contributed by atoms with Crippen LogP contribution in [0.1, 0.15) is 12.8 Å². The molecule has 0 spiro atoms. The Morgan fingerprint density at radius 2 is 1.65 bits per heavy atom. The van der Waals surface area contributed by atoms with Crippen LogP contribution in [0, 0.1) is 0 Å². The van der Waals surface area contributed by atoms with Gasteiger partial charge in [-0.05, 0) is 33.0 Å². The number of hydrogen-bond acceptors (Lipinski definition) is 7. The molecule has 17 heavy (non-hydrogen) atoms. The SMILES string of the molecule is CN(CCC[Si](O)(O)O)CCCS(=O)(=O)[O-].[Li+]. The molecule has 0 aliphatic heterocycles. The maximum atomic E-state index is 10.3. The van der Waals surface area contributed by atoms with Gasteiger partial charge in [0.25, 0.3) is 0 Å². The molecule has 0 amide bonds. The predicted octanol–water partition coefficient (Wildman–Crippen LogP) is -4.84. The first-order valence-electron chi connectivity index (χ1n) is 4.89. The molecule has 0 bridgehead atoms. The first kappa shape index (κ1) is 19.9. The molecule has 0 radical (unpaired) electrons.